The number of carbonyl (C=O) groups excluding carboxylic acids is 2. The van der Waals surface area contributed by atoms with Crippen LogP contribution in [0.25, 0.3) is 0 Å². The summed E-state index contributed by atoms with van der Waals surface area (Å²) < 4.78 is 17.0. The Labute approximate surface area is 276 Å². The van der Waals surface area contributed by atoms with Crippen molar-refractivity contribution in [3.05, 3.63) is 94.7 Å². The van der Waals surface area contributed by atoms with E-state index in [1.54, 1.807) is 29.3 Å². The summed E-state index contributed by atoms with van der Waals surface area (Å²) in [5, 5.41) is 3.19. The Bertz CT molecular complexity index is 1700. The Morgan fingerprint density at radius 3 is 2.30 bits per heavy atom. The average molecular weight is 639 g/mol. The molecule has 3 aromatic carbocycles. The summed E-state index contributed by atoms with van der Waals surface area (Å²) in [4.78, 5) is 41.3. The van der Waals surface area contributed by atoms with E-state index in [1.165, 1.54) is 4.90 Å². The first kappa shape index (κ1) is 33.2. The van der Waals surface area contributed by atoms with Crippen LogP contribution in [0.15, 0.2) is 66.9 Å². The van der Waals surface area contributed by atoms with Gasteiger partial charge in [-0.3, -0.25) is 9.69 Å². The quantitative estimate of drug-likeness (QED) is 0.186. The minimum absolute atomic E-state index is 0.0429. The van der Waals surface area contributed by atoms with Gasteiger partial charge in [0.25, 0.3) is 5.91 Å². The summed E-state index contributed by atoms with van der Waals surface area (Å²) in [6, 6.07) is 18.3. The molecular weight excluding hydrogens is 596 g/mol. The van der Waals surface area contributed by atoms with Crippen LogP contribution in [0, 0.1) is 20.8 Å². The third-order valence-corrected chi connectivity index (χ3v) is 8.09. The predicted octanol–water partition coefficient (Wildman–Crippen LogP) is 6.49. The van der Waals surface area contributed by atoms with Crippen molar-refractivity contribution in [2.75, 3.05) is 50.2 Å². The van der Waals surface area contributed by atoms with E-state index in [1.807, 2.05) is 70.3 Å². The fourth-order valence-corrected chi connectivity index (χ4v) is 5.47. The first-order valence-electron chi connectivity index (χ1n) is 15.8. The molecule has 5 rings (SSSR count). The fourth-order valence-electron chi connectivity index (χ4n) is 5.47. The molecule has 2 amide bonds. The highest BCUT2D eigenvalue weighted by Gasteiger charge is 2.24. The Morgan fingerprint density at radius 2 is 1.60 bits per heavy atom. The lowest BCUT2D eigenvalue weighted by molar-refractivity contribution is 0.0779. The highest BCUT2D eigenvalue weighted by Crippen LogP contribution is 2.34. The second-order valence-corrected chi connectivity index (χ2v) is 11.6. The number of anilines is 3. The number of aryl methyl sites for hydroxylation is 3. The van der Waals surface area contributed by atoms with Crippen LogP contribution in [-0.2, 0) is 6.54 Å². The van der Waals surface area contributed by atoms with Crippen LogP contribution in [0.4, 0.5) is 22.2 Å². The Hall–Kier alpha value is -5.16. The maximum Gasteiger partial charge on any atom is 0.421 e. The predicted molar refractivity (Wildman–Crippen MR) is 182 cm³/mol. The number of rotatable bonds is 12. The number of fused-ring (bicyclic) bond motifs is 1. The SMILES string of the molecule is CCN(CC)CCN(C)C(=O)c1ccc(Nc2nccc(N(Cc3ccc4c(c3)OCO4)C(=O)Oc3c(C)cc(C)cc3C)n2)cc1. The number of nitrogens with zero attached hydrogens (tertiary/aromatic N) is 5. The van der Waals surface area contributed by atoms with Gasteiger partial charge in [-0.15, -0.1) is 0 Å². The lowest BCUT2D eigenvalue weighted by Crippen LogP contribution is -2.36. The van der Waals surface area contributed by atoms with E-state index in [0.29, 0.717) is 40.9 Å². The molecule has 1 aliphatic heterocycles. The van der Waals surface area contributed by atoms with E-state index >= 15 is 0 Å². The van der Waals surface area contributed by atoms with Gasteiger partial charge in [0.05, 0.1) is 6.54 Å². The van der Waals surface area contributed by atoms with Gasteiger partial charge in [0, 0.05) is 37.6 Å². The number of benzene rings is 3. The standard InChI is InChI=1S/C36H42N6O5/c1-7-41(8-2)18-17-40(6)34(43)28-10-12-29(13-11-28)38-35-37-16-15-32(39-35)42(22-27-9-14-30-31(21-27)46-23-45-30)36(44)47-33-25(4)19-24(3)20-26(33)5/h9-16,19-21H,7-8,17-18,22-23H2,1-6H3,(H,37,38,39). The molecule has 0 saturated carbocycles. The maximum atomic E-state index is 13.8. The molecule has 1 N–H and O–H groups in total. The molecule has 2 heterocycles. The minimum Gasteiger partial charge on any atom is -0.454 e. The van der Waals surface area contributed by atoms with Gasteiger partial charge in [-0.25, -0.2) is 9.78 Å². The number of carbonyl (C=O) groups is 2. The smallest absolute Gasteiger partial charge is 0.421 e. The lowest BCUT2D eigenvalue weighted by Gasteiger charge is -2.23. The number of hydrogen-bond acceptors (Lipinski definition) is 9. The maximum absolute atomic E-state index is 13.8. The molecule has 11 heteroatoms. The highest BCUT2D eigenvalue weighted by atomic mass is 16.7. The van der Waals surface area contributed by atoms with Gasteiger partial charge >= 0.3 is 6.09 Å². The number of amides is 2. The van der Waals surface area contributed by atoms with Crippen molar-refractivity contribution in [1.82, 2.24) is 19.8 Å². The highest BCUT2D eigenvalue weighted by molar-refractivity contribution is 5.94. The van der Waals surface area contributed by atoms with Crippen LogP contribution in [0.2, 0.25) is 0 Å². The van der Waals surface area contributed by atoms with Crippen LogP contribution in [0.5, 0.6) is 17.2 Å². The van der Waals surface area contributed by atoms with E-state index in [4.69, 9.17) is 14.2 Å². The Balaban J connectivity index is 1.34. The zero-order chi connectivity index (χ0) is 33.5. The Morgan fingerprint density at radius 1 is 0.894 bits per heavy atom. The lowest BCUT2D eigenvalue weighted by atomic mass is 10.1. The summed E-state index contributed by atoms with van der Waals surface area (Å²) in [7, 11) is 1.82. The number of likely N-dealkylation sites (N-methyl/N-ethyl adjacent to an activating group) is 2. The zero-order valence-corrected chi connectivity index (χ0v) is 27.9. The van der Waals surface area contributed by atoms with Crippen molar-refractivity contribution < 1.29 is 23.8 Å². The van der Waals surface area contributed by atoms with Gasteiger partial charge in [-0.05, 0) is 93.0 Å². The molecule has 4 aromatic rings. The first-order chi connectivity index (χ1) is 22.6. The summed E-state index contributed by atoms with van der Waals surface area (Å²) in [5.41, 5.74) is 4.90. The molecule has 1 aliphatic rings. The number of ether oxygens (including phenoxy) is 3. The van der Waals surface area contributed by atoms with Crippen LogP contribution in [0.1, 0.15) is 46.5 Å². The molecule has 0 fully saturated rings. The van der Waals surface area contributed by atoms with Crippen molar-refractivity contribution in [2.45, 2.75) is 41.2 Å². The molecule has 47 heavy (non-hydrogen) atoms. The molecule has 0 aliphatic carbocycles. The average Bonchev–Trinajstić information content (AvgIpc) is 3.54. The van der Waals surface area contributed by atoms with E-state index in [2.05, 4.69) is 34.0 Å². The largest absolute Gasteiger partial charge is 0.454 e. The van der Waals surface area contributed by atoms with Crippen LogP contribution in [-0.4, -0.2) is 71.8 Å². The van der Waals surface area contributed by atoms with Crippen molar-refractivity contribution in [3.63, 3.8) is 0 Å². The topological polar surface area (TPSA) is 109 Å². The van der Waals surface area contributed by atoms with E-state index in [0.717, 1.165) is 41.9 Å². The van der Waals surface area contributed by atoms with Crippen molar-refractivity contribution in [1.29, 1.82) is 0 Å². The van der Waals surface area contributed by atoms with Crippen LogP contribution < -0.4 is 24.4 Å². The van der Waals surface area contributed by atoms with Crippen molar-refractivity contribution in [2.24, 2.45) is 0 Å². The van der Waals surface area contributed by atoms with E-state index in [-0.39, 0.29) is 25.2 Å². The molecule has 0 bridgehead atoms. The first-order valence-corrected chi connectivity index (χ1v) is 15.8. The second kappa shape index (κ2) is 15.0. The van der Waals surface area contributed by atoms with E-state index in [9.17, 15) is 9.59 Å². The third kappa shape index (κ3) is 8.17. The molecule has 0 radical (unpaired) electrons. The molecule has 0 saturated heterocycles. The number of aromatic nitrogens is 2. The van der Waals surface area contributed by atoms with E-state index < -0.39 is 6.09 Å². The molecule has 1 aromatic heterocycles. The van der Waals surface area contributed by atoms with Gasteiger partial charge < -0.3 is 29.3 Å². The van der Waals surface area contributed by atoms with Gasteiger partial charge in [0.1, 0.15) is 11.6 Å². The second-order valence-electron chi connectivity index (χ2n) is 11.6. The molecule has 246 valence electrons. The normalized spacial score (nSPS) is 11.8. The van der Waals surface area contributed by atoms with Crippen molar-refractivity contribution >= 4 is 29.5 Å². The van der Waals surface area contributed by atoms with Crippen molar-refractivity contribution in [3.8, 4) is 17.2 Å². The molecule has 0 spiro atoms. The minimum atomic E-state index is -0.588. The third-order valence-electron chi connectivity index (χ3n) is 8.09. The van der Waals surface area contributed by atoms with Crippen LogP contribution >= 0.6 is 0 Å². The Kier molecular flexibility index (Phi) is 10.6. The van der Waals surface area contributed by atoms with Gasteiger partial charge in [0.15, 0.2) is 11.5 Å². The van der Waals surface area contributed by atoms with Gasteiger partial charge in [-0.1, -0.05) is 37.6 Å². The molecule has 0 unspecified atom stereocenters. The number of nitrogens with one attached hydrogen (secondary N) is 1. The van der Waals surface area contributed by atoms with Crippen LogP contribution in [0.3, 0.4) is 0 Å². The monoisotopic (exact) mass is 638 g/mol. The molecular formula is C36H42N6O5. The molecule has 11 nitrogen and oxygen atoms in total. The van der Waals surface area contributed by atoms with Gasteiger partial charge in [-0.2, -0.15) is 4.98 Å². The molecule has 0 atom stereocenters. The summed E-state index contributed by atoms with van der Waals surface area (Å²) in [6.45, 7) is 13.8. The fraction of sp³-hybridized carbons (Fsp3) is 0.333. The van der Waals surface area contributed by atoms with Gasteiger partial charge in [0.2, 0.25) is 12.7 Å². The summed E-state index contributed by atoms with van der Waals surface area (Å²) in [5.74, 6) is 2.36. The summed E-state index contributed by atoms with van der Waals surface area (Å²) in [6.07, 6.45) is 0.991. The summed E-state index contributed by atoms with van der Waals surface area (Å²) >= 11 is 0. The number of hydrogen-bond donors (Lipinski definition) is 1. The zero-order valence-electron chi connectivity index (χ0n) is 27.9.